The minimum Gasteiger partial charge on any atom is -0.364 e. The maximum absolute atomic E-state index is 12.8. The summed E-state index contributed by atoms with van der Waals surface area (Å²) in [6.45, 7) is 3.71. The van der Waals surface area contributed by atoms with Gasteiger partial charge in [-0.05, 0) is 38.1 Å². The van der Waals surface area contributed by atoms with E-state index in [1.165, 1.54) is 24.3 Å². The minimum absolute atomic E-state index is 0.0457. The largest absolute Gasteiger partial charge is 0.364 e. The number of rotatable bonds is 7. The average Bonchev–Trinajstić information content (AvgIpc) is 2.98. The number of aromatic nitrogens is 2. The Kier molecular flexibility index (Phi) is 6.33. The highest BCUT2D eigenvalue weighted by Crippen LogP contribution is 2.14. The fraction of sp³-hybridized carbons (Fsp3) is 0.333. The molecule has 0 fully saturated rings. The second kappa shape index (κ2) is 8.46. The molecule has 7 nitrogen and oxygen atoms in total. The fourth-order valence-electron chi connectivity index (χ4n) is 1.72. The van der Waals surface area contributed by atoms with Crippen molar-refractivity contribution in [3.63, 3.8) is 0 Å². The lowest BCUT2D eigenvalue weighted by molar-refractivity contribution is -0.126. The van der Waals surface area contributed by atoms with Crippen molar-refractivity contribution in [1.82, 2.24) is 15.5 Å². The van der Waals surface area contributed by atoms with Crippen molar-refractivity contribution >= 4 is 28.8 Å². The molecule has 9 heteroatoms. The first-order valence-corrected chi connectivity index (χ1v) is 8.02. The molecule has 0 aliphatic carbocycles. The number of nitrogens with zero attached hydrogens (tertiary/aromatic N) is 2. The Bertz CT molecular complexity index is 703. The number of benzene rings is 1. The Hall–Kier alpha value is -2.39. The average molecular weight is 352 g/mol. The number of ether oxygens (including phenoxy) is 1. The van der Waals surface area contributed by atoms with E-state index in [2.05, 4.69) is 20.8 Å². The van der Waals surface area contributed by atoms with Gasteiger partial charge in [-0.1, -0.05) is 11.3 Å². The van der Waals surface area contributed by atoms with Crippen LogP contribution in [0.3, 0.4) is 0 Å². The van der Waals surface area contributed by atoms with Crippen molar-refractivity contribution in [2.75, 3.05) is 11.9 Å². The lowest BCUT2D eigenvalue weighted by Gasteiger charge is -2.07. The van der Waals surface area contributed by atoms with Crippen LogP contribution in [0.2, 0.25) is 0 Å². The Morgan fingerprint density at radius 2 is 1.96 bits per heavy atom. The molecule has 0 saturated heterocycles. The summed E-state index contributed by atoms with van der Waals surface area (Å²) in [5.41, 5.74) is 0.458. The zero-order valence-corrected chi connectivity index (χ0v) is 14.0. The van der Waals surface area contributed by atoms with E-state index < -0.39 is 5.91 Å². The van der Waals surface area contributed by atoms with Crippen molar-refractivity contribution in [3.05, 3.63) is 40.1 Å². The summed E-state index contributed by atoms with van der Waals surface area (Å²) >= 11 is 1.06. The van der Waals surface area contributed by atoms with E-state index in [4.69, 9.17) is 4.74 Å². The number of hydrogen-bond donors (Lipinski definition) is 2. The molecule has 1 aromatic carbocycles. The highest BCUT2D eigenvalue weighted by atomic mass is 32.1. The second-order valence-electron chi connectivity index (χ2n) is 5.18. The van der Waals surface area contributed by atoms with E-state index in [1.807, 2.05) is 13.8 Å². The number of halogens is 1. The van der Waals surface area contributed by atoms with E-state index in [0.29, 0.717) is 10.7 Å². The number of carbonyl (C=O) groups is 2. The summed E-state index contributed by atoms with van der Waals surface area (Å²) in [5.74, 6) is -1.04. The predicted octanol–water partition coefficient (Wildman–Crippen LogP) is 1.97. The van der Waals surface area contributed by atoms with Gasteiger partial charge in [0.1, 0.15) is 24.0 Å². The number of amides is 2. The van der Waals surface area contributed by atoms with Crippen molar-refractivity contribution in [2.45, 2.75) is 26.5 Å². The molecule has 0 bridgehead atoms. The highest BCUT2D eigenvalue weighted by Gasteiger charge is 2.13. The lowest BCUT2D eigenvalue weighted by atomic mass is 10.3. The molecule has 0 unspecified atom stereocenters. The van der Waals surface area contributed by atoms with Crippen LogP contribution >= 0.6 is 11.3 Å². The number of hydrogen-bond acceptors (Lipinski definition) is 6. The molecular weight excluding hydrogens is 335 g/mol. The predicted molar refractivity (Wildman–Crippen MR) is 87.2 cm³/mol. The van der Waals surface area contributed by atoms with Crippen molar-refractivity contribution in [3.8, 4) is 0 Å². The molecule has 2 rings (SSSR count). The van der Waals surface area contributed by atoms with Gasteiger partial charge in [-0.15, -0.1) is 10.2 Å². The molecule has 0 aliphatic rings. The molecule has 1 heterocycles. The highest BCUT2D eigenvalue weighted by molar-refractivity contribution is 7.13. The van der Waals surface area contributed by atoms with E-state index in [0.717, 1.165) is 11.3 Å². The minimum atomic E-state index is -0.442. The van der Waals surface area contributed by atoms with Crippen molar-refractivity contribution in [1.29, 1.82) is 0 Å². The standard InChI is InChI=1S/C15H17FN4O3S/c1-9(2)17-12(21)7-23-8-13-19-20-15(24-13)14(22)18-11-5-3-10(16)4-6-11/h3-6,9H,7-8H2,1-2H3,(H,17,21)(H,18,22). The summed E-state index contributed by atoms with van der Waals surface area (Å²) in [6, 6.07) is 5.44. The Labute approximate surface area is 142 Å². The third-order valence-electron chi connectivity index (χ3n) is 2.67. The second-order valence-corrected chi connectivity index (χ2v) is 6.24. The first kappa shape index (κ1) is 18.0. The molecule has 2 aromatic rings. The molecule has 0 spiro atoms. The van der Waals surface area contributed by atoms with Crippen LogP contribution in [0.15, 0.2) is 24.3 Å². The Morgan fingerprint density at radius 3 is 2.62 bits per heavy atom. The number of nitrogens with one attached hydrogen (secondary N) is 2. The molecule has 24 heavy (non-hydrogen) atoms. The maximum Gasteiger partial charge on any atom is 0.286 e. The van der Waals surface area contributed by atoms with Gasteiger partial charge < -0.3 is 15.4 Å². The maximum atomic E-state index is 12.8. The first-order valence-electron chi connectivity index (χ1n) is 7.20. The van der Waals surface area contributed by atoms with Gasteiger partial charge in [0.05, 0.1) is 0 Å². The van der Waals surface area contributed by atoms with Gasteiger partial charge in [-0.25, -0.2) is 4.39 Å². The molecule has 0 atom stereocenters. The summed E-state index contributed by atoms with van der Waals surface area (Å²) in [7, 11) is 0. The van der Waals surface area contributed by atoms with Gasteiger partial charge >= 0.3 is 0 Å². The Balaban J connectivity index is 1.82. The van der Waals surface area contributed by atoms with Crippen LogP contribution in [-0.4, -0.2) is 34.7 Å². The molecule has 128 valence electrons. The van der Waals surface area contributed by atoms with E-state index in [-0.39, 0.29) is 36.0 Å². The topological polar surface area (TPSA) is 93.2 Å². The SMILES string of the molecule is CC(C)NC(=O)COCc1nnc(C(=O)Nc2ccc(F)cc2)s1. The smallest absolute Gasteiger partial charge is 0.286 e. The van der Waals surface area contributed by atoms with Crippen LogP contribution < -0.4 is 10.6 Å². The van der Waals surface area contributed by atoms with Gasteiger partial charge in [-0.2, -0.15) is 0 Å². The van der Waals surface area contributed by atoms with Crippen LogP contribution in [0.4, 0.5) is 10.1 Å². The number of anilines is 1. The molecule has 2 amide bonds. The summed E-state index contributed by atoms with van der Waals surface area (Å²) in [5, 5.41) is 13.5. The van der Waals surface area contributed by atoms with Crippen LogP contribution in [-0.2, 0) is 16.1 Å². The molecule has 1 aromatic heterocycles. The molecule has 0 radical (unpaired) electrons. The van der Waals surface area contributed by atoms with Crippen molar-refractivity contribution in [2.24, 2.45) is 0 Å². The molecular formula is C15H17FN4O3S. The van der Waals surface area contributed by atoms with Gasteiger partial charge in [0, 0.05) is 11.7 Å². The van der Waals surface area contributed by atoms with E-state index in [9.17, 15) is 14.0 Å². The zero-order chi connectivity index (χ0) is 17.5. The van der Waals surface area contributed by atoms with Crippen LogP contribution in [0.5, 0.6) is 0 Å². The molecule has 2 N–H and O–H groups in total. The first-order chi connectivity index (χ1) is 11.4. The summed E-state index contributed by atoms with van der Waals surface area (Å²) < 4.78 is 18.0. The van der Waals surface area contributed by atoms with Crippen LogP contribution in [0.1, 0.15) is 28.7 Å². The summed E-state index contributed by atoms with van der Waals surface area (Å²) in [4.78, 5) is 23.4. The summed E-state index contributed by atoms with van der Waals surface area (Å²) in [6.07, 6.45) is 0. The third kappa shape index (κ3) is 5.67. The van der Waals surface area contributed by atoms with Crippen LogP contribution in [0, 0.1) is 5.82 Å². The molecule has 0 saturated carbocycles. The normalized spacial score (nSPS) is 10.7. The van der Waals surface area contributed by atoms with Gasteiger partial charge in [0.25, 0.3) is 5.91 Å². The van der Waals surface area contributed by atoms with E-state index >= 15 is 0 Å². The molecule has 0 aliphatic heterocycles. The zero-order valence-electron chi connectivity index (χ0n) is 13.2. The monoisotopic (exact) mass is 352 g/mol. The van der Waals surface area contributed by atoms with Crippen LogP contribution in [0.25, 0.3) is 0 Å². The van der Waals surface area contributed by atoms with Gasteiger partial charge in [0.2, 0.25) is 10.9 Å². The van der Waals surface area contributed by atoms with Crippen molar-refractivity contribution < 1.29 is 18.7 Å². The number of carbonyl (C=O) groups excluding carboxylic acids is 2. The quantitative estimate of drug-likeness (QED) is 0.795. The van der Waals surface area contributed by atoms with Gasteiger partial charge in [0.15, 0.2) is 0 Å². The lowest BCUT2D eigenvalue weighted by Crippen LogP contribution is -2.33. The van der Waals surface area contributed by atoms with E-state index in [1.54, 1.807) is 0 Å². The fourth-order valence-corrected chi connectivity index (χ4v) is 2.39. The van der Waals surface area contributed by atoms with Gasteiger partial charge in [-0.3, -0.25) is 9.59 Å². The third-order valence-corrected chi connectivity index (χ3v) is 3.57. The Morgan fingerprint density at radius 1 is 1.25 bits per heavy atom.